The van der Waals surface area contributed by atoms with E-state index in [0.29, 0.717) is 5.92 Å². The van der Waals surface area contributed by atoms with Gasteiger partial charge in [-0.3, -0.25) is 0 Å². The zero-order valence-electron chi connectivity index (χ0n) is 9.68. The van der Waals surface area contributed by atoms with Crippen molar-refractivity contribution < 1.29 is 0 Å². The van der Waals surface area contributed by atoms with Crippen LogP contribution in [0.3, 0.4) is 0 Å². The Balaban J connectivity index is 2.09. The van der Waals surface area contributed by atoms with Crippen molar-refractivity contribution in [1.82, 2.24) is 5.32 Å². The van der Waals surface area contributed by atoms with Crippen LogP contribution in [0.2, 0.25) is 0 Å². The summed E-state index contributed by atoms with van der Waals surface area (Å²) in [6.45, 7) is 4.24. The van der Waals surface area contributed by atoms with E-state index in [1.807, 2.05) is 0 Å². The standard InChI is InChI=1S/C13H19ClIN/c1-11(9-14)3-2-8-16-10-12-4-6-13(15)7-5-12/h4-7,11,16H,2-3,8-10H2,1H3. The molecule has 0 saturated heterocycles. The molecule has 1 aromatic carbocycles. The number of nitrogens with one attached hydrogen (secondary N) is 1. The summed E-state index contributed by atoms with van der Waals surface area (Å²) in [6.07, 6.45) is 2.42. The summed E-state index contributed by atoms with van der Waals surface area (Å²) in [7, 11) is 0. The van der Waals surface area contributed by atoms with E-state index in [4.69, 9.17) is 11.6 Å². The van der Waals surface area contributed by atoms with Crippen molar-refractivity contribution >= 4 is 34.2 Å². The summed E-state index contributed by atoms with van der Waals surface area (Å²) in [4.78, 5) is 0. The third-order valence-electron chi connectivity index (χ3n) is 2.56. The maximum absolute atomic E-state index is 5.75. The lowest BCUT2D eigenvalue weighted by Gasteiger charge is -2.08. The zero-order valence-corrected chi connectivity index (χ0v) is 12.6. The van der Waals surface area contributed by atoms with E-state index in [0.717, 1.165) is 19.0 Å². The van der Waals surface area contributed by atoms with Gasteiger partial charge >= 0.3 is 0 Å². The maximum Gasteiger partial charge on any atom is 0.0249 e. The van der Waals surface area contributed by atoms with E-state index in [-0.39, 0.29) is 0 Å². The Morgan fingerprint density at radius 3 is 2.62 bits per heavy atom. The van der Waals surface area contributed by atoms with Crippen LogP contribution in [-0.2, 0) is 6.54 Å². The first-order chi connectivity index (χ1) is 7.72. The molecule has 0 fully saturated rings. The Morgan fingerprint density at radius 2 is 2.00 bits per heavy atom. The van der Waals surface area contributed by atoms with Crippen LogP contribution in [0.15, 0.2) is 24.3 Å². The van der Waals surface area contributed by atoms with E-state index in [9.17, 15) is 0 Å². The molecule has 0 aliphatic heterocycles. The Hall–Kier alpha value is 0.200. The number of rotatable bonds is 7. The number of hydrogen-bond donors (Lipinski definition) is 1. The average molecular weight is 352 g/mol. The first kappa shape index (κ1) is 14.3. The van der Waals surface area contributed by atoms with E-state index in [1.54, 1.807) is 0 Å². The van der Waals surface area contributed by atoms with Gasteiger partial charge in [0.2, 0.25) is 0 Å². The highest BCUT2D eigenvalue weighted by molar-refractivity contribution is 14.1. The van der Waals surface area contributed by atoms with Crippen molar-refractivity contribution in [3.05, 3.63) is 33.4 Å². The second kappa shape index (κ2) is 8.31. The van der Waals surface area contributed by atoms with Gasteiger partial charge in [-0.1, -0.05) is 19.1 Å². The summed E-state index contributed by atoms with van der Waals surface area (Å²) in [5.74, 6) is 1.42. The van der Waals surface area contributed by atoms with Crippen molar-refractivity contribution in [2.24, 2.45) is 5.92 Å². The molecule has 0 radical (unpaired) electrons. The smallest absolute Gasteiger partial charge is 0.0249 e. The second-order valence-electron chi connectivity index (χ2n) is 4.20. The monoisotopic (exact) mass is 351 g/mol. The third kappa shape index (κ3) is 6.06. The van der Waals surface area contributed by atoms with Gasteiger partial charge in [-0.25, -0.2) is 0 Å². The van der Waals surface area contributed by atoms with E-state index >= 15 is 0 Å². The van der Waals surface area contributed by atoms with Gasteiger partial charge in [0.15, 0.2) is 0 Å². The quantitative estimate of drug-likeness (QED) is 0.444. The van der Waals surface area contributed by atoms with E-state index < -0.39 is 0 Å². The van der Waals surface area contributed by atoms with E-state index in [2.05, 4.69) is 59.1 Å². The molecule has 1 rings (SSSR count). The Labute approximate surface area is 117 Å². The summed E-state index contributed by atoms with van der Waals surface area (Å²) in [6, 6.07) is 8.65. The predicted molar refractivity (Wildman–Crippen MR) is 80.0 cm³/mol. The molecule has 1 unspecified atom stereocenters. The van der Waals surface area contributed by atoms with Crippen LogP contribution in [0.5, 0.6) is 0 Å². The molecule has 0 spiro atoms. The SMILES string of the molecule is CC(CCl)CCCNCc1ccc(I)cc1. The molecule has 16 heavy (non-hydrogen) atoms. The Morgan fingerprint density at radius 1 is 1.31 bits per heavy atom. The molecular weight excluding hydrogens is 333 g/mol. The van der Waals surface area contributed by atoms with Gasteiger partial charge < -0.3 is 5.32 Å². The van der Waals surface area contributed by atoms with Crippen molar-refractivity contribution in [1.29, 1.82) is 0 Å². The number of benzene rings is 1. The zero-order chi connectivity index (χ0) is 11.8. The lowest BCUT2D eigenvalue weighted by molar-refractivity contribution is 0.531. The molecule has 0 bridgehead atoms. The maximum atomic E-state index is 5.75. The van der Waals surface area contributed by atoms with Gasteiger partial charge in [-0.2, -0.15) is 0 Å². The molecular formula is C13H19ClIN. The van der Waals surface area contributed by atoms with Gasteiger partial charge in [-0.05, 0) is 65.6 Å². The van der Waals surface area contributed by atoms with Crippen molar-refractivity contribution in [2.75, 3.05) is 12.4 Å². The van der Waals surface area contributed by atoms with Crippen LogP contribution < -0.4 is 5.32 Å². The summed E-state index contributed by atoms with van der Waals surface area (Å²) < 4.78 is 1.29. The molecule has 3 heteroatoms. The highest BCUT2D eigenvalue weighted by Crippen LogP contribution is 2.08. The molecule has 0 saturated carbocycles. The summed E-state index contributed by atoms with van der Waals surface area (Å²) in [5, 5.41) is 3.46. The fraction of sp³-hybridized carbons (Fsp3) is 0.538. The van der Waals surface area contributed by atoms with Crippen molar-refractivity contribution in [3.63, 3.8) is 0 Å². The van der Waals surface area contributed by atoms with Crippen molar-refractivity contribution in [3.8, 4) is 0 Å². The second-order valence-corrected chi connectivity index (χ2v) is 5.76. The minimum absolute atomic E-state index is 0.641. The molecule has 1 nitrogen and oxygen atoms in total. The van der Waals surface area contributed by atoms with Crippen LogP contribution in [0, 0.1) is 9.49 Å². The summed E-state index contributed by atoms with van der Waals surface area (Å²) >= 11 is 8.08. The summed E-state index contributed by atoms with van der Waals surface area (Å²) in [5.41, 5.74) is 1.35. The van der Waals surface area contributed by atoms with Crippen LogP contribution in [0.4, 0.5) is 0 Å². The molecule has 0 aliphatic carbocycles. The van der Waals surface area contributed by atoms with Gasteiger partial charge in [-0.15, -0.1) is 11.6 Å². The molecule has 1 atom stereocenters. The Bertz CT molecular complexity index is 286. The third-order valence-corrected chi connectivity index (χ3v) is 3.80. The first-order valence-corrected chi connectivity index (χ1v) is 7.35. The number of halogens is 2. The fourth-order valence-corrected chi connectivity index (χ4v) is 2.00. The first-order valence-electron chi connectivity index (χ1n) is 5.73. The number of hydrogen-bond acceptors (Lipinski definition) is 1. The lowest BCUT2D eigenvalue weighted by atomic mass is 10.1. The minimum atomic E-state index is 0.641. The average Bonchev–Trinajstić information content (AvgIpc) is 2.31. The van der Waals surface area contributed by atoms with E-state index in [1.165, 1.54) is 22.0 Å². The fourth-order valence-electron chi connectivity index (χ4n) is 1.49. The minimum Gasteiger partial charge on any atom is -0.313 e. The Kier molecular flexibility index (Phi) is 7.41. The molecule has 1 N–H and O–H groups in total. The predicted octanol–water partition coefficient (Wildman–Crippen LogP) is 4.04. The molecule has 90 valence electrons. The normalized spacial score (nSPS) is 12.7. The lowest BCUT2D eigenvalue weighted by Crippen LogP contribution is -2.15. The van der Waals surface area contributed by atoms with Crippen LogP contribution in [-0.4, -0.2) is 12.4 Å². The highest BCUT2D eigenvalue weighted by atomic mass is 127. The highest BCUT2D eigenvalue weighted by Gasteiger charge is 1.99. The van der Waals surface area contributed by atoms with Crippen LogP contribution >= 0.6 is 34.2 Å². The molecule has 0 aliphatic rings. The van der Waals surface area contributed by atoms with Gasteiger partial charge in [0.1, 0.15) is 0 Å². The molecule has 0 aromatic heterocycles. The van der Waals surface area contributed by atoms with Crippen molar-refractivity contribution in [2.45, 2.75) is 26.3 Å². The van der Waals surface area contributed by atoms with Gasteiger partial charge in [0, 0.05) is 16.0 Å². The number of alkyl halides is 1. The van der Waals surface area contributed by atoms with Gasteiger partial charge in [0.05, 0.1) is 0 Å². The molecule has 0 heterocycles. The van der Waals surface area contributed by atoms with Crippen LogP contribution in [0.25, 0.3) is 0 Å². The molecule has 1 aromatic rings. The largest absolute Gasteiger partial charge is 0.313 e. The van der Waals surface area contributed by atoms with Crippen LogP contribution in [0.1, 0.15) is 25.3 Å². The van der Waals surface area contributed by atoms with Gasteiger partial charge in [0.25, 0.3) is 0 Å². The molecule has 0 amide bonds. The topological polar surface area (TPSA) is 12.0 Å².